The highest BCUT2D eigenvalue weighted by molar-refractivity contribution is 6.52. The third-order valence-corrected chi connectivity index (χ3v) is 4.14. The fraction of sp³-hybridized carbons (Fsp3) is 0.500. The zero-order valence-corrected chi connectivity index (χ0v) is 13.2. The van der Waals surface area contributed by atoms with Gasteiger partial charge in [0.15, 0.2) is 0 Å². The molecule has 0 radical (unpaired) electrons. The molecule has 1 aliphatic heterocycles. The molecule has 1 aliphatic rings. The zero-order chi connectivity index (χ0) is 15.0. The van der Waals surface area contributed by atoms with Gasteiger partial charge in [-0.25, -0.2) is 0 Å². The molecule has 0 N–H and O–H groups in total. The first-order chi connectivity index (χ1) is 9.25. The highest BCUT2D eigenvalue weighted by atomic mass is 16.7. The van der Waals surface area contributed by atoms with Crippen LogP contribution in [-0.2, 0) is 9.31 Å². The molecule has 0 aliphatic carbocycles. The molecule has 2 rings (SSSR count). The number of aryl methyl sites for hydroxylation is 1. The first-order valence-electron chi connectivity index (χ1n) is 6.94. The second-order valence-corrected chi connectivity index (χ2v) is 6.21. The van der Waals surface area contributed by atoms with E-state index in [0.29, 0.717) is 0 Å². The van der Waals surface area contributed by atoms with Crippen molar-refractivity contribution in [3.8, 4) is 5.75 Å². The molecule has 3 nitrogen and oxygen atoms in total. The van der Waals surface area contributed by atoms with Gasteiger partial charge in [0.05, 0.1) is 18.3 Å². The van der Waals surface area contributed by atoms with Crippen molar-refractivity contribution in [2.75, 3.05) is 7.11 Å². The van der Waals surface area contributed by atoms with Crippen molar-refractivity contribution in [2.24, 2.45) is 0 Å². The van der Waals surface area contributed by atoms with Gasteiger partial charge in [-0.05, 0) is 57.9 Å². The van der Waals surface area contributed by atoms with E-state index >= 15 is 0 Å². The molecule has 1 aromatic carbocycles. The first-order valence-corrected chi connectivity index (χ1v) is 6.94. The summed E-state index contributed by atoms with van der Waals surface area (Å²) in [6.07, 6.45) is 2.02. The van der Waals surface area contributed by atoms with Crippen LogP contribution in [0.15, 0.2) is 24.2 Å². The minimum atomic E-state index is -0.303. The van der Waals surface area contributed by atoms with Crippen LogP contribution >= 0.6 is 0 Å². The van der Waals surface area contributed by atoms with Crippen molar-refractivity contribution < 1.29 is 14.0 Å². The van der Waals surface area contributed by atoms with E-state index in [1.807, 2.05) is 31.1 Å². The normalized spacial score (nSPS) is 20.6. The molecule has 1 heterocycles. The van der Waals surface area contributed by atoms with Crippen molar-refractivity contribution in [1.29, 1.82) is 0 Å². The fourth-order valence-electron chi connectivity index (χ4n) is 2.16. The maximum Gasteiger partial charge on any atom is 0.487 e. The Labute approximate surface area is 122 Å². The van der Waals surface area contributed by atoms with Crippen LogP contribution in [0.2, 0.25) is 0 Å². The molecular weight excluding hydrogens is 251 g/mol. The van der Waals surface area contributed by atoms with Crippen LogP contribution in [0.5, 0.6) is 5.75 Å². The molecule has 108 valence electrons. The van der Waals surface area contributed by atoms with Crippen molar-refractivity contribution in [3.63, 3.8) is 0 Å². The summed E-state index contributed by atoms with van der Waals surface area (Å²) < 4.78 is 17.1. The van der Waals surface area contributed by atoms with E-state index in [-0.39, 0.29) is 18.3 Å². The SMILES string of the molecule is COc1ccc(/C=C/B2OC(C)(C)C(C)(C)O2)cc1C. The molecule has 4 heteroatoms. The topological polar surface area (TPSA) is 27.7 Å². The number of hydrogen-bond acceptors (Lipinski definition) is 3. The minimum absolute atomic E-state index is 0.294. The minimum Gasteiger partial charge on any atom is -0.496 e. The molecule has 0 aromatic heterocycles. The van der Waals surface area contributed by atoms with Gasteiger partial charge >= 0.3 is 7.12 Å². The molecule has 1 fully saturated rings. The monoisotopic (exact) mass is 274 g/mol. The Kier molecular flexibility index (Phi) is 3.98. The van der Waals surface area contributed by atoms with Crippen LogP contribution in [0, 0.1) is 6.92 Å². The summed E-state index contributed by atoms with van der Waals surface area (Å²) in [5.41, 5.74) is 1.64. The van der Waals surface area contributed by atoms with Gasteiger partial charge in [-0.15, -0.1) is 0 Å². The van der Waals surface area contributed by atoms with Gasteiger partial charge in [-0.2, -0.15) is 0 Å². The van der Waals surface area contributed by atoms with Crippen molar-refractivity contribution in [1.82, 2.24) is 0 Å². The van der Waals surface area contributed by atoms with Crippen LogP contribution in [0.3, 0.4) is 0 Å². The maximum absolute atomic E-state index is 5.93. The van der Waals surface area contributed by atoms with Crippen molar-refractivity contribution in [2.45, 2.75) is 45.8 Å². The average molecular weight is 274 g/mol. The molecule has 0 spiro atoms. The molecule has 1 saturated heterocycles. The second kappa shape index (κ2) is 5.26. The number of methoxy groups -OCH3 is 1. The maximum atomic E-state index is 5.93. The summed E-state index contributed by atoms with van der Waals surface area (Å²) in [5, 5.41) is 0. The number of rotatable bonds is 3. The second-order valence-electron chi connectivity index (χ2n) is 6.21. The number of benzene rings is 1. The first kappa shape index (κ1) is 15.1. The van der Waals surface area contributed by atoms with E-state index in [2.05, 4.69) is 33.8 Å². The predicted molar refractivity (Wildman–Crippen MR) is 82.8 cm³/mol. The third-order valence-electron chi connectivity index (χ3n) is 4.14. The Morgan fingerprint density at radius 1 is 1.10 bits per heavy atom. The lowest BCUT2D eigenvalue weighted by molar-refractivity contribution is 0.00578. The molecular formula is C16H23BO3. The standard InChI is InChI=1S/C16H23BO3/c1-12-11-13(7-8-14(12)18-6)9-10-17-19-15(2,3)16(4,5)20-17/h7-11H,1-6H3/b10-9+. The van der Waals surface area contributed by atoms with Crippen LogP contribution in [-0.4, -0.2) is 25.4 Å². The van der Waals surface area contributed by atoms with Gasteiger partial charge < -0.3 is 14.0 Å². The van der Waals surface area contributed by atoms with Crippen molar-refractivity contribution in [3.05, 3.63) is 35.3 Å². The van der Waals surface area contributed by atoms with E-state index in [1.54, 1.807) is 7.11 Å². The Balaban J connectivity index is 2.10. The van der Waals surface area contributed by atoms with E-state index in [1.165, 1.54) is 0 Å². The summed E-state index contributed by atoms with van der Waals surface area (Å²) in [6, 6.07) is 6.08. The summed E-state index contributed by atoms with van der Waals surface area (Å²) in [6.45, 7) is 10.2. The smallest absolute Gasteiger partial charge is 0.487 e. The molecule has 1 aromatic rings. The van der Waals surface area contributed by atoms with Crippen LogP contribution in [0.1, 0.15) is 38.8 Å². The van der Waals surface area contributed by atoms with Crippen molar-refractivity contribution >= 4 is 13.2 Å². The van der Waals surface area contributed by atoms with Gasteiger partial charge in [0, 0.05) is 0 Å². The lowest BCUT2D eigenvalue weighted by atomic mass is 9.89. The number of ether oxygens (including phenoxy) is 1. The summed E-state index contributed by atoms with van der Waals surface area (Å²) >= 11 is 0. The summed E-state index contributed by atoms with van der Waals surface area (Å²) in [7, 11) is 1.38. The Morgan fingerprint density at radius 2 is 1.70 bits per heavy atom. The molecule has 0 unspecified atom stereocenters. The molecule has 0 amide bonds. The van der Waals surface area contributed by atoms with Gasteiger partial charge in [0.25, 0.3) is 0 Å². The Morgan fingerprint density at radius 3 is 2.20 bits per heavy atom. The molecule has 20 heavy (non-hydrogen) atoms. The quantitative estimate of drug-likeness (QED) is 0.787. The molecule has 0 bridgehead atoms. The lowest BCUT2D eigenvalue weighted by Crippen LogP contribution is -2.41. The largest absolute Gasteiger partial charge is 0.496 e. The predicted octanol–water partition coefficient (Wildman–Crippen LogP) is 3.65. The average Bonchev–Trinajstić information content (AvgIpc) is 2.55. The van der Waals surface area contributed by atoms with Gasteiger partial charge in [0.1, 0.15) is 5.75 Å². The summed E-state index contributed by atoms with van der Waals surface area (Å²) in [5.74, 6) is 2.86. The van der Waals surface area contributed by atoms with Crippen LogP contribution in [0.4, 0.5) is 0 Å². The van der Waals surface area contributed by atoms with E-state index < -0.39 is 0 Å². The van der Waals surface area contributed by atoms with Gasteiger partial charge in [-0.1, -0.05) is 18.1 Å². The summed E-state index contributed by atoms with van der Waals surface area (Å²) in [4.78, 5) is 0. The Bertz CT molecular complexity index is 504. The van der Waals surface area contributed by atoms with E-state index in [4.69, 9.17) is 14.0 Å². The van der Waals surface area contributed by atoms with E-state index in [9.17, 15) is 0 Å². The van der Waals surface area contributed by atoms with Crippen LogP contribution in [0.25, 0.3) is 6.08 Å². The lowest BCUT2D eigenvalue weighted by Gasteiger charge is -2.32. The Hall–Kier alpha value is -1.26. The van der Waals surface area contributed by atoms with Gasteiger partial charge in [0.2, 0.25) is 0 Å². The third kappa shape index (κ3) is 2.91. The molecule has 0 saturated carbocycles. The van der Waals surface area contributed by atoms with Gasteiger partial charge in [-0.3, -0.25) is 0 Å². The highest BCUT2D eigenvalue weighted by Gasteiger charge is 2.49. The highest BCUT2D eigenvalue weighted by Crippen LogP contribution is 2.37. The molecule has 0 atom stereocenters. The fourth-order valence-corrected chi connectivity index (χ4v) is 2.16. The number of hydrogen-bond donors (Lipinski definition) is 0. The zero-order valence-electron chi connectivity index (χ0n) is 13.2. The van der Waals surface area contributed by atoms with Crippen LogP contribution < -0.4 is 4.74 Å². The van der Waals surface area contributed by atoms with E-state index in [0.717, 1.165) is 16.9 Å².